The van der Waals surface area contributed by atoms with E-state index in [1.807, 2.05) is 0 Å². The third-order valence-electron chi connectivity index (χ3n) is 2.71. The van der Waals surface area contributed by atoms with Crippen LogP contribution in [-0.4, -0.2) is 31.5 Å². The van der Waals surface area contributed by atoms with E-state index in [9.17, 15) is 13.2 Å². The molecule has 0 fully saturated rings. The summed E-state index contributed by atoms with van der Waals surface area (Å²) in [7, 11) is -3.23. The second-order valence-electron chi connectivity index (χ2n) is 4.08. The van der Waals surface area contributed by atoms with Gasteiger partial charge in [-0.15, -0.1) is 11.8 Å². The molecule has 4 nitrogen and oxygen atoms in total. The number of sulfone groups is 1. The van der Waals surface area contributed by atoms with Crippen LogP contribution in [0.2, 0.25) is 0 Å². The molecule has 0 spiro atoms. The Kier molecular flexibility index (Phi) is 3.18. The Morgan fingerprint density at radius 2 is 2.24 bits per heavy atom. The fraction of sp³-hybridized carbons (Fsp3) is 0.364. The van der Waals surface area contributed by atoms with E-state index in [1.165, 1.54) is 0 Å². The summed E-state index contributed by atoms with van der Waals surface area (Å²) in [6, 6.07) is 4.95. The second-order valence-corrected chi connectivity index (χ2v) is 7.16. The molecule has 0 radical (unpaired) electrons. The first kappa shape index (κ1) is 12.4. The Labute approximate surface area is 104 Å². The highest BCUT2D eigenvalue weighted by molar-refractivity contribution is 7.99. The maximum Gasteiger partial charge on any atom is 0.303 e. The van der Waals surface area contributed by atoms with Crippen LogP contribution in [-0.2, 0) is 14.6 Å². The topological polar surface area (TPSA) is 71.4 Å². The molecule has 0 aliphatic carbocycles. The number of aliphatic carboxylic acids is 1. The van der Waals surface area contributed by atoms with Crippen molar-refractivity contribution in [2.45, 2.75) is 22.1 Å². The van der Waals surface area contributed by atoms with E-state index in [1.54, 1.807) is 30.0 Å². The molecule has 92 valence electrons. The molecule has 1 unspecified atom stereocenters. The average Bonchev–Trinajstić information content (AvgIpc) is 2.59. The van der Waals surface area contributed by atoms with Gasteiger partial charge in [0.1, 0.15) is 0 Å². The first-order chi connectivity index (χ1) is 7.88. The van der Waals surface area contributed by atoms with Crippen molar-refractivity contribution < 1.29 is 18.3 Å². The molecule has 2 rings (SSSR count). The first-order valence-corrected chi connectivity index (χ1v) is 7.94. The van der Waals surface area contributed by atoms with Gasteiger partial charge in [-0.1, -0.05) is 0 Å². The van der Waals surface area contributed by atoms with Crippen molar-refractivity contribution in [3.63, 3.8) is 0 Å². The highest BCUT2D eigenvalue weighted by atomic mass is 32.2. The summed E-state index contributed by atoms with van der Waals surface area (Å²) < 4.78 is 22.9. The van der Waals surface area contributed by atoms with E-state index in [2.05, 4.69) is 0 Å². The maximum atomic E-state index is 11.4. The van der Waals surface area contributed by atoms with E-state index < -0.39 is 15.8 Å². The smallest absolute Gasteiger partial charge is 0.303 e. The summed E-state index contributed by atoms with van der Waals surface area (Å²) in [6.45, 7) is 0. The second kappa shape index (κ2) is 4.34. The van der Waals surface area contributed by atoms with Crippen molar-refractivity contribution in [2.75, 3.05) is 12.0 Å². The molecule has 0 saturated heterocycles. The van der Waals surface area contributed by atoms with Gasteiger partial charge >= 0.3 is 5.97 Å². The van der Waals surface area contributed by atoms with Gasteiger partial charge in [-0.25, -0.2) is 8.42 Å². The molecular formula is C11H12O4S2. The Hall–Kier alpha value is -1.01. The van der Waals surface area contributed by atoms with Crippen LogP contribution >= 0.6 is 11.8 Å². The summed E-state index contributed by atoms with van der Waals surface area (Å²) in [5.41, 5.74) is 0.848. The minimum Gasteiger partial charge on any atom is -0.481 e. The van der Waals surface area contributed by atoms with E-state index in [0.717, 1.165) is 16.7 Å². The lowest BCUT2D eigenvalue weighted by atomic mass is 9.98. The number of carboxylic acid groups (broad SMARTS) is 1. The number of thioether (sulfide) groups is 1. The molecular weight excluding hydrogens is 260 g/mol. The van der Waals surface area contributed by atoms with Crippen molar-refractivity contribution in [3.8, 4) is 0 Å². The maximum absolute atomic E-state index is 11.4. The first-order valence-electron chi connectivity index (χ1n) is 5.06. The van der Waals surface area contributed by atoms with Gasteiger partial charge in [0, 0.05) is 22.8 Å². The van der Waals surface area contributed by atoms with Crippen LogP contribution in [0.3, 0.4) is 0 Å². The van der Waals surface area contributed by atoms with E-state index in [4.69, 9.17) is 5.11 Å². The number of hydrogen-bond acceptors (Lipinski definition) is 4. The summed E-state index contributed by atoms with van der Waals surface area (Å²) in [6.07, 6.45) is 1.20. The molecule has 6 heteroatoms. The van der Waals surface area contributed by atoms with Gasteiger partial charge in [-0.3, -0.25) is 4.79 Å². The Morgan fingerprint density at radius 1 is 1.53 bits per heavy atom. The molecule has 1 heterocycles. The molecule has 1 aromatic carbocycles. The van der Waals surface area contributed by atoms with Gasteiger partial charge < -0.3 is 5.11 Å². The quantitative estimate of drug-likeness (QED) is 0.907. The Balaban J connectivity index is 2.40. The third-order valence-corrected chi connectivity index (χ3v) is 5.07. The lowest BCUT2D eigenvalue weighted by Crippen LogP contribution is -2.06. The molecule has 1 aliphatic heterocycles. The van der Waals surface area contributed by atoms with Gasteiger partial charge in [0.05, 0.1) is 11.3 Å². The van der Waals surface area contributed by atoms with Crippen molar-refractivity contribution in [1.29, 1.82) is 0 Å². The predicted molar refractivity (Wildman–Crippen MR) is 65.3 cm³/mol. The van der Waals surface area contributed by atoms with Gasteiger partial charge in [0.2, 0.25) is 0 Å². The molecule has 0 bridgehead atoms. The van der Waals surface area contributed by atoms with Crippen molar-refractivity contribution in [1.82, 2.24) is 0 Å². The summed E-state index contributed by atoms with van der Waals surface area (Å²) in [5.74, 6) is -0.239. The van der Waals surface area contributed by atoms with Gasteiger partial charge in [-0.05, 0) is 23.8 Å². The summed E-state index contributed by atoms with van der Waals surface area (Å²) >= 11 is 1.58. The minimum absolute atomic E-state index is 0.0488. The van der Waals surface area contributed by atoms with E-state index in [-0.39, 0.29) is 17.2 Å². The number of carboxylic acids is 1. The molecule has 0 amide bonds. The summed E-state index contributed by atoms with van der Waals surface area (Å²) in [4.78, 5) is 12.0. The van der Waals surface area contributed by atoms with Crippen molar-refractivity contribution in [2.24, 2.45) is 0 Å². The third kappa shape index (κ3) is 2.63. The average molecular weight is 272 g/mol. The summed E-state index contributed by atoms with van der Waals surface area (Å²) in [5, 5.41) is 8.80. The van der Waals surface area contributed by atoms with Crippen molar-refractivity contribution in [3.05, 3.63) is 23.8 Å². The highest BCUT2D eigenvalue weighted by Crippen LogP contribution is 2.42. The molecule has 1 aliphatic rings. The number of carbonyl (C=O) groups is 1. The largest absolute Gasteiger partial charge is 0.481 e. The lowest BCUT2D eigenvalue weighted by molar-refractivity contribution is -0.137. The standard InChI is InChI=1S/C11H12O4S2/c1-17(14,15)8-2-3-10-9(5-8)7(6-16-10)4-11(12)13/h2-3,5,7H,4,6H2,1H3,(H,12,13). The van der Waals surface area contributed by atoms with Crippen LogP contribution in [0, 0.1) is 0 Å². The molecule has 1 atom stereocenters. The van der Waals surface area contributed by atoms with Crippen LogP contribution in [0.1, 0.15) is 17.9 Å². The zero-order valence-electron chi connectivity index (χ0n) is 9.21. The number of rotatable bonds is 3. The van der Waals surface area contributed by atoms with Crippen LogP contribution in [0.15, 0.2) is 28.0 Å². The number of benzene rings is 1. The fourth-order valence-corrected chi connectivity index (χ4v) is 3.76. The van der Waals surface area contributed by atoms with Gasteiger partial charge in [0.15, 0.2) is 9.84 Å². The number of fused-ring (bicyclic) bond motifs is 1. The SMILES string of the molecule is CS(=O)(=O)c1ccc2c(c1)C(CC(=O)O)CS2. The minimum atomic E-state index is -3.23. The highest BCUT2D eigenvalue weighted by Gasteiger charge is 2.26. The normalized spacial score (nSPS) is 19.0. The number of hydrogen-bond donors (Lipinski definition) is 1. The predicted octanol–water partition coefficient (Wildman–Crippen LogP) is 1.75. The fourth-order valence-electron chi connectivity index (χ4n) is 1.87. The van der Waals surface area contributed by atoms with Crippen LogP contribution in [0.4, 0.5) is 0 Å². The van der Waals surface area contributed by atoms with Gasteiger partial charge in [-0.2, -0.15) is 0 Å². The zero-order chi connectivity index (χ0) is 12.6. The van der Waals surface area contributed by atoms with Crippen LogP contribution < -0.4 is 0 Å². The molecule has 0 aromatic heterocycles. The van der Waals surface area contributed by atoms with Crippen LogP contribution in [0.5, 0.6) is 0 Å². The zero-order valence-corrected chi connectivity index (χ0v) is 10.8. The molecule has 1 aromatic rings. The Bertz CT molecular complexity index is 563. The van der Waals surface area contributed by atoms with Gasteiger partial charge in [0.25, 0.3) is 0 Å². The monoisotopic (exact) mass is 272 g/mol. The molecule has 17 heavy (non-hydrogen) atoms. The molecule has 1 N–H and O–H groups in total. The van der Waals surface area contributed by atoms with E-state index >= 15 is 0 Å². The molecule has 0 saturated carbocycles. The van der Waals surface area contributed by atoms with Crippen molar-refractivity contribution >= 4 is 27.6 Å². The van der Waals surface area contributed by atoms with Crippen LogP contribution in [0.25, 0.3) is 0 Å². The Morgan fingerprint density at radius 3 is 2.82 bits per heavy atom. The lowest BCUT2D eigenvalue weighted by Gasteiger charge is -2.08. The van der Waals surface area contributed by atoms with E-state index in [0.29, 0.717) is 5.75 Å².